The summed E-state index contributed by atoms with van der Waals surface area (Å²) in [6.45, 7) is 1.03. The Morgan fingerprint density at radius 3 is 2.77 bits per heavy atom. The maximum atomic E-state index is 14.0. The van der Waals surface area contributed by atoms with Crippen LogP contribution in [0.1, 0.15) is 30.4 Å². The van der Waals surface area contributed by atoms with Crippen molar-refractivity contribution in [3.8, 4) is 22.9 Å². The number of carbonyl (C=O) groups excluding carboxylic acids is 1. The van der Waals surface area contributed by atoms with Crippen molar-refractivity contribution in [1.82, 2.24) is 4.90 Å². The lowest BCUT2D eigenvalue weighted by Crippen LogP contribution is -2.55. The molecule has 31 heavy (non-hydrogen) atoms. The quantitative estimate of drug-likeness (QED) is 0.764. The minimum absolute atomic E-state index is 0.146. The van der Waals surface area contributed by atoms with Crippen LogP contribution in [0.25, 0.3) is 11.1 Å². The molecule has 2 N–H and O–H groups in total. The number of amides is 1. The molecular weight excluding hydrogens is 399 g/mol. The van der Waals surface area contributed by atoms with E-state index in [1.165, 1.54) is 17.0 Å². The number of benzene rings is 2. The maximum Gasteiger partial charge on any atom is 0.261 e. The minimum Gasteiger partial charge on any atom is -0.484 e. The van der Waals surface area contributed by atoms with E-state index in [9.17, 15) is 14.4 Å². The number of ether oxygens (including phenoxy) is 2. The first kappa shape index (κ1) is 19.5. The van der Waals surface area contributed by atoms with Gasteiger partial charge in [-0.3, -0.25) is 9.69 Å². The molecule has 2 aromatic carbocycles. The molecule has 3 aliphatic heterocycles. The highest BCUT2D eigenvalue weighted by Gasteiger charge is 2.58. The Morgan fingerprint density at radius 2 is 2.10 bits per heavy atom. The molecule has 1 saturated heterocycles. The van der Waals surface area contributed by atoms with Crippen LogP contribution < -0.4 is 10.5 Å². The number of nitrogens with two attached hydrogens (primary N) is 1. The van der Waals surface area contributed by atoms with Gasteiger partial charge in [0.25, 0.3) is 5.91 Å². The second-order valence-corrected chi connectivity index (χ2v) is 8.36. The summed E-state index contributed by atoms with van der Waals surface area (Å²) >= 11 is 0. The molecule has 0 unspecified atom stereocenters. The summed E-state index contributed by atoms with van der Waals surface area (Å²) in [7, 11) is 1.60. The molecule has 0 aliphatic carbocycles. The molecule has 0 bridgehead atoms. The lowest BCUT2D eigenvalue weighted by atomic mass is 9.74. The van der Waals surface area contributed by atoms with Crippen LogP contribution in [0.5, 0.6) is 5.75 Å². The van der Waals surface area contributed by atoms with Crippen molar-refractivity contribution < 1.29 is 18.7 Å². The molecule has 7 nitrogen and oxygen atoms in total. The number of hydrogen-bond donors (Lipinski definition) is 1. The molecule has 0 radical (unpaired) electrons. The number of carbonyl (C=O) groups is 1. The summed E-state index contributed by atoms with van der Waals surface area (Å²) in [5, 5.41) is 9.20. The molecule has 0 aromatic heterocycles. The van der Waals surface area contributed by atoms with Crippen molar-refractivity contribution in [1.29, 1.82) is 5.26 Å². The topological polar surface area (TPSA) is 101 Å². The van der Waals surface area contributed by atoms with Crippen LogP contribution in [0.3, 0.4) is 0 Å². The number of likely N-dealkylation sites (N-methyl/N-ethyl adjacent to an activating group) is 1. The minimum atomic E-state index is -1.23. The largest absolute Gasteiger partial charge is 0.484 e. The van der Waals surface area contributed by atoms with E-state index in [1.54, 1.807) is 31.3 Å². The van der Waals surface area contributed by atoms with Crippen LogP contribution in [0.4, 0.5) is 4.39 Å². The van der Waals surface area contributed by atoms with Gasteiger partial charge in [-0.25, -0.2) is 9.38 Å². The van der Waals surface area contributed by atoms with Gasteiger partial charge in [0.2, 0.25) is 0 Å². The van der Waals surface area contributed by atoms with Crippen molar-refractivity contribution in [2.45, 2.75) is 30.4 Å². The van der Waals surface area contributed by atoms with Gasteiger partial charge in [0, 0.05) is 25.6 Å². The molecule has 3 aliphatic rings. The summed E-state index contributed by atoms with van der Waals surface area (Å²) in [5.41, 5.74) is 6.16. The molecule has 158 valence electrons. The van der Waals surface area contributed by atoms with Crippen LogP contribution in [0, 0.1) is 17.1 Å². The summed E-state index contributed by atoms with van der Waals surface area (Å²) in [6.07, 6.45) is 1.89. The lowest BCUT2D eigenvalue weighted by Gasteiger charge is -2.46. The van der Waals surface area contributed by atoms with E-state index >= 15 is 0 Å². The molecule has 8 heteroatoms. The first-order valence-electron chi connectivity index (χ1n) is 10.1. The number of aliphatic imine (C=N–C) groups is 1. The van der Waals surface area contributed by atoms with Gasteiger partial charge in [-0.2, -0.15) is 5.26 Å². The van der Waals surface area contributed by atoms with Gasteiger partial charge in [0.05, 0.1) is 18.2 Å². The van der Waals surface area contributed by atoms with Crippen LogP contribution in [-0.4, -0.2) is 42.6 Å². The maximum absolute atomic E-state index is 14.0. The number of hydrogen-bond acceptors (Lipinski definition) is 6. The van der Waals surface area contributed by atoms with Gasteiger partial charge in [0.15, 0.2) is 11.5 Å². The van der Waals surface area contributed by atoms with Gasteiger partial charge in [-0.05, 0) is 54.3 Å². The molecule has 0 saturated carbocycles. The summed E-state index contributed by atoms with van der Waals surface area (Å²) in [4.78, 5) is 19.4. The lowest BCUT2D eigenvalue weighted by molar-refractivity contribution is -0.139. The van der Waals surface area contributed by atoms with E-state index in [1.807, 2.05) is 6.07 Å². The summed E-state index contributed by atoms with van der Waals surface area (Å²) < 4.78 is 26.1. The van der Waals surface area contributed by atoms with Crippen LogP contribution >= 0.6 is 0 Å². The van der Waals surface area contributed by atoms with Crippen LogP contribution in [0.2, 0.25) is 0 Å². The Kier molecular flexibility index (Phi) is 4.27. The Bertz CT molecular complexity index is 1170. The molecule has 1 fully saturated rings. The Balaban J connectivity index is 1.69. The van der Waals surface area contributed by atoms with Gasteiger partial charge < -0.3 is 15.2 Å². The second kappa shape index (κ2) is 6.79. The average molecular weight is 420 g/mol. The third-order valence-electron chi connectivity index (χ3n) is 6.28. The molecule has 2 atom stereocenters. The zero-order valence-electron chi connectivity index (χ0n) is 17.0. The number of nitrogens with zero attached hydrogens (tertiary/aromatic N) is 3. The van der Waals surface area contributed by atoms with Gasteiger partial charge in [0.1, 0.15) is 17.2 Å². The van der Waals surface area contributed by atoms with Crippen molar-refractivity contribution in [2.75, 3.05) is 20.3 Å². The summed E-state index contributed by atoms with van der Waals surface area (Å²) in [5.74, 6) is -0.0474. The fraction of sp³-hybridized carbons (Fsp3) is 0.348. The van der Waals surface area contributed by atoms with E-state index in [4.69, 9.17) is 15.2 Å². The number of fused-ring (bicyclic) bond motifs is 2. The van der Waals surface area contributed by atoms with E-state index in [2.05, 4.69) is 4.99 Å². The Labute approximate surface area is 178 Å². The monoisotopic (exact) mass is 420 g/mol. The highest BCUT2D eigenvalue weighted by molar-refractivity contribution is 6.07. The first-order valence-corrected chi connectivity index (χ1v) is 10.1. The molecular formula is C23H21FN4O3. The van der Waals surface area contributed by atoms with E-state index in [0.29, 0.717) is 42.1 Å². The van der Waals surface area contributed by atoms with Gasteiger partial charge in [-0.1, -0.05) is 6.07 Å². The zero-order valence-corrected chi connectivity index (χ0v) is 17.0. The fourth-order valence-corrected chi connectivity index (χ4v) is 4.81. The summed E-state index contributed by atoms with van der Waals surface area (Å²) in [6, 6.07) is 11.5. The highest BCUT2D eigenvalue weighted by atomic mass is 19.1. The molecule has 2 spiro atoms. The Morgan fingerprint density at radius 1 is 1.26 bits per heavy atom. The highest BCUT2D eigenvalue weighted by Crippen LogP contribution is 2.51. The first-order chi connectivity index (χ1) is 14.9. The molecule has 5 rings (SSSR count). The second-order valence-electron chi connectivity index (χ2n) is 8.36. The molecule has 2 aromatic rings. The zero-order chi connectivity index (χ0) is 21.8. The SMILES string of the molecule is CN1C(=O)[C@@]2(C[C@]3(CCCOC3)Oc3ccc(-c4cc(F)cc(C#N)c4)cc32)N=C1N. The van der Waals surface area contributed by atoms with Crippen LogP contribution in [0.15, 0.2) is 41.4 Å². The fourth-order valence-electron chi connectivity index (χ4n) is 4.81. The predicted octanol–water partition coefficient (Wildman–Crippen LogP) is 2.68. The smallest absolute Gasteiger partial charge is 0.261 e. The van der Waals surface area contributed by atoms with Crippen LogP contribution in [-0.2, 0) is 15.1 Å². The third kappa shape index (κ3) is 2.96. The van der Waals surface area contributed by atoms with Crippen molar-refractivity contribution >= 4 is 11.9 Å². The van der Waals surface area contributed by atoms with Gasteiger partial charge in [-0.15, -0.1) is 0 Å². The third-order valence-corrected chi connectivity index (χ3v) is 6.28. The average Bonchev–Trinajstić information content (AvgIpc) is 2.97. The molecule has 1 amide bonds. The van der Waals surface area contributed by atoms with Crippen molar-refractivity contribution in [2.24, 2.45) is 10.7 Å². The number of rotatable bonds is 1. The van der Waals surface area contributed by atoms with Crippen molar-refractivity contribution in [3.63, 3.8) is 0 Å². The van der Waals surface area contributed by atoms with E-state index < -0.39 is 17.0 Å². The van der Waals surface area contributed by atoms with E-state index in [-0.39, 0.29) is 17.4 Å². The van der Waals surface area contributed by atoms with E-state index in [0.717, 1.165) is 12.8 Å². The van der Waals surface area contributed by atoms with Gasteiger partial charge >= 0.3 is 0 Å². The Hall–Kier alpha value is -3.44. The number of nitriles is 1. The predicted molar refractivity (Wildman–Crippen MR) is 111 cm³/mol. The number of guanidine groups is 1. The van der Waals surface area contributed by atoms with Crippen molar-refractivity contribution in [3.05, 3.63) is 53.3 Å². The molecule has 3 heterocycles. The normalized spacial score (nSPS) is 27.1. The number of halogens is 1. The standard InChI is InChI=1S/C23H21FN4O3/c1-28-20(29)23(27-21(28)26)12-22(5-2-6-30-13-22)31-19-4-3-15(10-18(19)23)16-7-14(11-25)8-17(24)9-16/h3-4,7-10H,2,5-6,12-13H2,1H3,(H2,26,27)/t22-,23-/m0/s1.